The van der Waals surface area contributed by atoms with Gasteiger partial charge in [0, 0.05) is 6.04 Å². The Morgan fingerprint density at radius 3 is 2.67 bits per heavy atom. The minimum Gasteiger partial charge on any atom is -0.491 e. The third kappa shape index (κ3) is 3.18. The maximum atomic E-state index is 6.43. The van der Waals surface area contributed by atoms with Crippen LogP contribution in [-0.2, 0) is 6.42 Å². The highest BCUT2D eigenvalue weighted by molar-refractivity contribution is 6.33. The number of rotatable bonds is 5. The maximum absolute atomic E-state index is 6.43. The van der Waals surface area contributed by atoms with E-state index in [1.165, 1.54) is 18.4 Å². The third-order valence-electron chi connectivity index (χ3n) is 3.46. The molecule has 1 aromatic rings. The molecule has 0 aromatic heterocycles. The number of halogens is 1. The van der Waals surface area contributed by atoms with Crippen LogP contribution in [-0.4, -0.2) is 12.6 Å². The fourth-order valence-corrected chi connectivity index (χ4v) is 2.47. The Hall–Kier alpha value is -0.730. The zero-order valence-electron chi connectivity index (χ0n) is 11.4. The summed E-state index contributed by atoms with van der Waals surface area (Å²) < 4.78 is 5.87. The zero-order chi connectivity index (χ0) is 13.3. The van der Waals surface area contributed by atoms with Crippen LogP contribution in [0.1, 0.15) is 36.5 Å². The zero-order valence-corrected chi connectivity index (χ0v) is 12.2. The topological polar surface area (TPSA) is 35.2 Å². The maximum Gasteiger partial charge on any atom is 0.141 e. The fraction of sp³-hybridized carbons (Fsp3) is 0.600. The van der Waals surface area contributed by atoms with Crippen molar-refractivity contribution in [1.82, 2.24) is 0 Å². The molecule has 0 saturated heterocycles. The number of aryl methyl sites for hydroxylation is 1. The molecule has 1 aliphatic rings. The first-order chi connectivity index (χ1) is 8.49. The third-order valence-corrected chi connectivity index (χ3v) is 3.92. The van der Waals surface area contributed by atoms with Gasteiger partial charge >= 0.3 is 0 Å². The normalized spacial score (nSPS) is 16.7. The van der Waals surface area contributed by atoms with E-state index in [0.717, 1.165) is 40.8 Å². The van der Waals surface area contributed by atoms with Crippen molar-refractivity contribution in [1.29, 1.82) is 0 Å². The van der Waals surface area contributed by atoms with Gasteiger partial charge in [-0.05, 0) is 62.6 Å². The lowest BCUT2D eigenvalue weighted by Gasteiger charge is -2.17. The molecule has 0 bridgehead atoms. The molecule has 1 aliphatic carbocycles. The summed E-state index contributed by atoms with van der Waals surface area (Å²) in [6.07, 6.45) is 3.44. The number of ether oxygens (including phenoxy) is 1. The van der Waals surface area contributed by atoms with Crippen LogP contribution in [0.25, 0.3) is 0 Å². The van der Waals surface area contributed by atoms with Crippen LogP contribution in [0, 0.1) is 19.8 Å². The Balaban J connectivity index is 2.21. The fourth-order valence-electron chi connectivity index (χ4n) is 2.14. The minimum atomic E-state index is 0.150. The lowest BCUT2D eigenvalue weighted by Crippen LogP contribution is -2.18. The van der Waals surface area contributed by atoms with Crippen molar-refractivity contribution in [2.45, 2.75) is 46.1 Å². The standard InChI is InChI=1S/C15H22ClNO/c1-9-6-13(7-10(2)17)11(3)14(16)15(9)18-8-12-4-5-12/h6,10,12H,4-5,7-8,17H2,1-3H3. The van der Waals surface area contributed by atoms with Gasteiger partial charge in [-0.15, -0.1) is 0 Å². The van der Waals surface area contributed by atoms with Crippen LogP contribution in [0.15, 0.2) is 6.07 Å². The van der Waals surface area contributed by atoms with Crippen molar-refractivity contribution in [2.24, 2.45) is 11.7 Å². The molecule has 2 rings (SSSR count). The van der Waals surface area contributed by atoms with Crippen molar-refractivity contribution < 1.29 is 4.74 Å². The molecule has 2 nitrogen and oxygen atoms in total. The monoisotopic (exact) mass is 267 g/mol. The van der Waals surface area contributed by atoms with Crippen molar-refractivity contribution in [3.05, 3.63) is 27.8 Å². The van der Waals surface area contributed by atoms with E-state index in [2.05, 4.69) is 13.0 Å². The summed E-state index contributed by atoms with van der Waals surface area (Å²) in [5.41, 5.74) is 9.31. The Kier molecular flexibility index (Phi) is 4.18. The summed E-state index contributed by atoms with van der Waals surface area (Å²) >= 11 is 6.43. The highest BCUT2D eigenvalue weighted by Crippen LogP contribution is 2.36. The molecule has 1 atom stereocenters. The first-order valence-corrected chi connectivity index (χ1v) is 7.03. The van der Waals surface area contributed by atoms with Gasteiger partial charge in [-0.1, -0.05) is 17.7 Å². The van der Waals surface area contributed by atoms with Crippen molar-refractivity contribution >= 4 is 11.6 Å². The molecule has 3 heteroatoms. The second-order valence-electron chi connectivity index (χ2n) is 5.56. The molecular formula is C15H22ClNO. The lowest BCUT2D eigenvalue weighted by molar-refractivity contribution is 0.298. The molecule has 1 unspecified atom stereocenters. The summed E-state index contributed by atoms with van der Waals surface area (Å²) in [6.45, 7) is 6.91. The second-order valence-corrected chi connectivity index (χ2v) is 5.93. The van der Waals surface area contributed by atoms with Crippen LogP contribution in [0.3, 0.4) is 0 Å². The molecule has 0 aliphatic heterocycles. The highest BCUT2D eigenvalue weighted by atomic mass is 35.5. The van der Waals surface area contributed by atoms with Gasteiger partial charge in [0.1, 0.15) is 5.75 Å². The van der Waals surface area contributed by atoms with E-state index < -0.39 is 0 Å². The first-order valence-electron chi connectivity index (χ1n) is 6.66. The van der Waals surface area contributed by atoms with Crippen molar-refractivity contribution in [3.63, 3.8) is 0 Å². The predicted molar refractivity (Wildman–Crippen MR) is 76.5 cm³/mol. The molecule has 100 valence electrons. The van der Waals surface area contributed by atoms with Crippen LogP contribution in [0.2, 0.25) is 5.02 Å². The smallest absolute Gasteiger partial charge is 0.141 e. The van der Waals surface area contributed by atoms with E-state index in [-0.39, 0.29) is 6.04 Å². The molecule has 0 heterocycles. The van der Waals surface area contributed by atoms with Gasteiger partial charge in [0.25, 0.3) is 0 Å². The average Bonchev–Trinajstić information content (AvgIpc) is 3.08. The first kappa shape index (κ1) is 13.7. The number of nitrogens with two attached hydrogens (primary N) is 1. The average molecular weight is 268 g/mol. The van der Waals surface area contributed by atoms with Crippen LogP contribution >= 0.6 is 11.6 Å². The van der Waals surface area contributed by atoms with Gasteiger partial charge < -0.3 is 10.5 Å². The summed E-state index contributed by atoms with van der Waals surface area (Å²) in [7, 11) is 0. The Labute approximate surface area is 114 Å². The molecular weight excluding hydrogens is 246 g/mol. The summed E-state index contributed by atoms with van der Waals surface area (Å²) in [6, 6.07) is 2.31. The highest BCUT2D eigenvalue weighted by Gasteiger charge is 2.23. The van der Waals surface area contributed by atoms with Crippen molar-refractivity contribution in [3.8, 4) is 5.75 Å². The van der Waals surface area contributed by atoms with Crippen LogP contribution < -0.4 is 10.5 Å². The van der Waals surface area contributed by atoms with E-state index in [1.807, 2.05) is 13.8 Å². The molecule has 1 aromatic carbocycles. The van der Waals surface area contributed by atoms with Gasteiger partial charge in [0.2, 0.25) is 0 Å². The number of hydrogen-bond acceptors (Lipinski definition) is 2. The van der Waals surface area contributed by atoms with Gasteiger partial charge in [-0.25, -0.2) is 0 Å². The van der Waals surface area contributed by atoms with E-state index in [9.17, 15) is 0 Å². The number of hydrogen-bond donors (Lipinski definition) is 1. The summed E-state index contributed by atoms with van der Waals surface area (Å²) in [5.74, 6) is 1.60. The molecule has 18 heavy (non-hydrogen) atoms. The van der Waals surface area contributed by atoms with E-state index in [4.69, 9.17) is 22.1 Å². The summed E-state index contributed by atoms with van der Waals surface area (Å²) in [4.78, 5) is 0. The molecule has 0 amide bonds. The second kappa shape index (κ2) is 5.50. The number of benzene rings is 1. The predicted octanol–water partition coefficient (Wildman–Crippen LogP) is 3.64. The molecule has 1 fully saturated rings. The van der Waals surface area contributed by atoms with Crippen LogP contribution in [0.4, 0.5) is 0 Å². The Morgan fingerprint density at radius 1 is 1.44 bits per heavy atom. The molecule has 1 saturated carbocycles. The molecule has 2 N–H and O–H groups in total. The Bertz CT molecular complexity index is 439. The van der Waals surface area contributed by atoms with Gasteiger partial charge in [-0.2, -0.15) is 0 Å². The van der Waals surface area contributed by atoms with E-state index in [1.54, 1.807) is 0 Å². The minimum absolute atomic E-state index is 0.150. The molecule has 0 spiro atoms. The lowest BCUT2D eigenvalue weighted by atomic mass is 9.99. The quantitative estimate of drug-likeness (QED) is 0.884. The van der Waals surface area contributed by atoms with Crippen LogP contribution in [0.5, 0.6) is 5.75 Å². The van der Waals surface area contributed by atoms with E-state index >= 15 is 0 Å². The van der Waals surface area contributed by atoms with E-state index in [0.29, 0.717) is 0 Å². The van der Waals surface area contributed by atoms with Gasteiger partial charge in [-0.3, -0.25) is 0 Å². The van der Waals surface area contributed by atoms with Gasteiger partial charge in [0.05, 0.1) is 11.6 Å². The largest absolute Gasteiger partial charge is 0.491 e. The van der Waals surface area contributed by atoms with Crippen molar-refractivity contribution in [2.75, 3.05) is 6.61 Å². The van der Waals surface area contributed by atoms with Gasteiger partial charge in [0.15, 0.2) is 0 Å². The SMILES string of the molecule is Cc1cc(CC(C)N)c(C)c(Cl)c1OCC1CC1. The summed E-state index contributed by atoms with van der Waals surface area (Å²) in [5, 5.41) is 0.756. The Morgan fingerprint density at radius 2 is 2.11 bits per heavy atom. The molecule has 0 radical (unpaired) electrons.